The Morgan fingerprint density at radius 1 is 1.25 bits per heavy atom. The van der Waals surface area contributed by atoms with Crippen LogP contribution in [0.3, 0.4) is 0 Å². The Bertz CT molecular complexity index is 854. The molecule has 2 atom stereocenters. The van der Waals surface area contributed by atoms with Gasteiger partial charge in [-0.2, -0.15) is 5.26 Å². The van der Waals surface area contributed by atoms with Crippen molar-refractivity contribution in [1.29, 1.82) is 5.26 Å². The van der Waals surface area contributed by atoms with Crippen LogP contribution in [0.1, 0.15) is 36.9 Å². The highest BCUT2D eigenvalue weighted by Crippen LogP contribution is 2.49. The van der Waals surface area contributed by atoms with Gasteiger partial charge in [-0.15, -0.1) is 0 Å². The summed E-state index contributed by atoms with van der Waals surface area (Å²) in [6.45, 7) is 4.89. The van der Waals surface area contributed by atoms with Crippen molar-refractivity contribution in [3.8, 4) is 6.07 Å². The Morgan fingerprint density at radius 2 is 2.00 bits per heavy atom. The molecule has 2 aromatic rings. The number of aryl methyl sites for hydroxylation is 1. The maximum absolute atomic E-state index is 9.07. The van der Waals surface area contributed by atoms with Gasteiger partial charge in [-0.05, 0) is 62.5 Å². The van der Waals surface area contributed by atoms with Crippen LogP contribution in [0.15, 0.2) is 24.5 Å². The third kappa shape index (κ3) is 4.53. The molecule has 146 valence electrons. The minimum Gasteiger partial charge on any atom is -0.370 e. The Labute approximate surface area is 171 Å². The molecule has 0 spiro atoms. The molecule has 7 heteroatoms. The fraction of sp³-hybridized carbons (Fsp3) is 0.524. The third-order valence-corrected chi connectivity index (χ3v) is 6.11. The van der Waals surface area contributed by atoms with Crippen molar-refractivity contribution >= 4 is 23.4 Å². The second-order valence-electron chi connectivity index (χ2n) is 7.90. The molecule has 3 heterocycles. The van der Waals surface area contributed by atoms with Crippen molar-refractivity contribution < 1.29 is 0 Å². The van der Waals surface area contributed by atoms with Gasteiger partial charge in [0.05, 0.1) is 29.0 Å². The summed E-state index contributed by atoms with van der Waals surface area (Å²) < 4.78 is 0. The van der Waals surface area contributed by atoms with Crippen LogP contribution in [0, 0.1) is 36.0 Å². The lowest BCUT2D eigenvalue weighted by atomic mass is 9.90. The van der Waals surface area contributed by atoms with E-state index in [9.17, 15) is 0 Å². The fourth-order valence-corrected chi connectivity index (χ4v) is 4.48. The number of nitrogens with zero attached hydrogens (tertiary/aromatic N) is 5. The van der Waals surface area contributed by atoms with Gasteiger partial charge in [0, 0.05) is 25.3 Å². The van der Waals surface area contributed by atoms with Crippen LogP contribution in [0.4, 0.5) is 11.8 Å². The van der Waals surface area contributed by atoms with Gasteiger partial charge in [0.2, 0.25) is 5.95 Å². The van der Waals surface area contributed by atoms with Gasteiger partial charge in [-0.1, -0.05) is 11.6 Å². The minimum atomic E-state index is 0.581. The van der Waals surface area contributed by atoms with E-state index in [-0.39, 0.29) is 0 Å². The van der Waals surface area contributed by atoms with E-state index in [2.05, 4.69) is 31.2 Å². The molecule has 4 rings (SSSR count). The van der Waals surface area contributed by atoms with Crippen LogP contribution in [0.5, 0.6) is 0 Å². The molecule has 0 radical (unpaired) electrons. The van der Waals surface area contributed by atoms with Crippen molar-refractivity contribution in [2.75, 3.05) is 29.9 Å². The molecular weight excluding hydrogens is 372 g/mol. The molecule has 1 aliphatic carbocycles. The lowest BCUT2D eigenvalue weighted by Gasteiger charge is -2.32. The van der Waals surface area contributed by atoms with Crippen molar-refractivity contribution in [3.63, 3.8) is 0 Å². The molecule has 1 N–H and O–H groups in total. The first-order valence-corrected chi connectivity index (χ1v) is 10.4. The predicted octanol–water partition coefficient (Wildman–Crippen LogP) is 4.06. The minimum absolute atomic E-state index is 0.581. The maximum Gasteiger partial charge on any atom is 0.225 e. The Kier molecular flexibility index (Phi) is 5.63. The van der Waals surface area contributed by atoms with E-state index in [1.54, 1.807) is 12.4 Å². The highest BCUT2D eigenvalue weighted by molar-refractivity contribution is 6.30. The number of aromatic nitrogens is 3. The largest absolute Gasteiger partial charge is 0.370 e. The number of halogens is 1. The number of anilines is 2. The van der Waals surface area contributed by atoms with Crippen LogP contribution < -0.4 is 10.2 Å². The lowest BCUT2D eigenvalue weighted by molar-refractivity contribution is 0.343. The molecule has 1 saturated heterocycles. The molecule has 6 nitrogen and oxygen atoms in total. The normalized spacial score (nSPS) is 22.0. The summed E-state index contributed by atoms with van der Waals surface area (Å²) in [5, 5.41) is 13.0. The van der Waals surface area contributed by atoms with E-state index in [0.29, 0.717) is 10.6 Å². The highest BCUT2D eigenvalue weighted by Gasteiger charge is 2.43. The summed E-state index contributed by atoms with van der Waals surface area (Å²) >= 11 is 5.88. The molecule has 2 aromatic heterocycles. The standard InChI is InChI=1S/C21H25ClN6/c1-14-8-15(11-23)9-20(27-14)24-5-2-17-10-19(17)16-3-6-28(7-4-16)21-25-12-18(22)13-26-21/h8-9,12-13,16-17,19H,2-7,10H2,1H3,(H,24,27)/t17-,19-/m1/s1. The zero-order valence-corrected chi connectivity index (χ0v) is 16.9. The number of hydrogen-bond donors (Lipinski definition) is 1. The molecule has 1 saturated carbocycles. The Balaban J connectivity index is 1.20. The van der Waals surface area contributed by atoms with Crippen molar-refractivity contribution in [2.24, 2.45) is 17.8 Å². The first kappa shape index (κ1) is 18.9. The molecule has 28 heavy (non-hydrogen) atoms. The van der Waals surface area contributed by atoms with E-state index >= 15 is 0 Å². The van der Waals surface area contributed by atoms with Gasteiger partial charge in [0.15, 0.2) is 0 Å². The average Bonchev–Trinajstić information content (AvgIpc) is 3.48. The topological polar surface area (TPSA) is 77.7 Å². The number of rotatable bonds is 6. The van der Waals surface area contributed by atoms with Crippen LogP contribution in [0.2, 0.25) is 5.02 Å². The zero-order valence-electron chi connectivity index (χ0n) is 16.1. The van der Waals surface area contributed by atoms with E-state index in [1.165, 1.54) is 25.7 Å². The third-order valence-electron chi connectivity index (χ3n) is 5.92. The van der Waals surface area contributed by atoms with E-state index in [1.807, 2.05) is 19.1 Å². The van der Waals surface area contributed by atoms with E-state index in [4.69, 9.17) is 16.9 Å². The van der Waals surface area contributed by atoms with Crippen LogP contribution >= 0.6 is 11.6 Å². The molecule has 1 aliphatic heterocycles. The van der Waals surface area contributed by atoms with Crippen molar-refractivity contribution in [2.45, 2.75) is 32.6 Å². The molecule has 2 fully saturated rings. The summed E-state index contributed by atoms with van der Waals surface area (Å²) in [7, 11) is 0. The number of piperidine rings is 1. The second-order valence-corrected chi connectivity index (χ2v) is 8.33. The number of hydrogen-bond acceptors (Lipinski definition) is 6. The Hall–Kier alpha value is -2.39. The smallest absolute Gasteiger partial charge is 0.225 e. The van der Waals surface area contributed by atoms with Crippen LogP contribution in [-0.4, -0.2) is 34.6 Å². The Morgan fingerprint density at radius 3 is 2.71 bits per heavy atom. The number of nitrogens with one attached hydrogen (secondary N) is 1. The van der Waals surface area contributed by atoms with E-state index in [0.717, 1.165) is 54.8 Å². The average molecular weight is 397 g/mol. The lowest BCUT2D eigenvalue weighted by Crippen LogP contribution is -2.35. The van der Waals surface area contributed by atoms with Gasteiger partial charge in [0.25, 0.3) is 0 Å². The number of pyridine rings is 1. The molecular formula is C21H25ClN6. The molecule has 0 unspecified atom stereocenters. The summed E-state index contributed by atoms with van der Waals surface area (Å²) in [6.07, 6.45) is 8.28. The molecule has 2 aliphatic rings. The monoisotopic (exact) mass is 396 g/mol. The van der Waals surface area contributed by atoms with Gasteiger partial charge in [-0.3, -0.25) is 0 Å². The maximum atomic E-state index is 9.07. The quantitative estimate of drug-likeness (QED) is 0.793. The highest BCUT2D eigenvalue weighted by atomic mass is 35.5. The SMILES string of the molecule is Cc1cc(C#N)cc(NCC[C@@H]2C[C@@H]2C2CCN(c3ncc(Cl)cn3)CC2)n1. The summed E-state index contributed by atoms with van der Waals surface area (Å²) in [5.41, 5.74) is 1.54. The second kappa shape index (κ2) is 8.32. The first-order chi connectivity index (χ1) is 13.6. The van der Waals surface area contributed by atoms with Crippen LogP contribution in [-0.2, 0) is 0 Å². The van der Waals surface area contributed by atoms with E-state index < -0.39 is 0 Å². The molecule has 0 aromatic carbocycles. The molecule has 0 amide bonds. The predicted molar refractivity (Wildman–Crippen MR) is 110 cm³/mol. The number of nitriles is 1. The van der Waals surface area contributed by atoms with Gasteiger partial charge in [-0.25, -0.2) is 15.0 Å². The zero-order chi connectivity index (χ0) is 19.5. The van der Waals surface area contributed by atoms with Crippen molar-refractivity contribution in [1.82, 2.24) is 15.0 Å². The summed E-state index contributed by atoms with van der Waals surface area (Å²) in [5.74, 6) is 4.09. The van der Waals surface area contributed by atoms with Gasteiger partial charge >= 0.3 is 0 Å². The van der Waals surface area contributed by atoms with Crippen LogP contribution in [0.25, 0.3) is 0 Å². The molecule has 0 bridgehead atoms. The fourth-order valence-electron chi connectivity index (χ4n) is 4.39. The summed E-state index contributed by atoms with van der Waals surface area (Å²) in [4.78, 5) is 15.4. The summed E-state index contributed by atoms with van der Waals surface area (Å²) in [6, 6.07) is 5.82. The first-order valence-electron chi connectivity index (χ1n) is 9.97. The van der Waals surface area contributed by atoms with Gasteiger partial charge in [0.1, 0.15) is 5.82 Å². The van der Waals surface area contributed by atoms with Gasteiger partial charge < -0.3 is 10.2 Å². The van der Waals surface area contributed by atoms with Crippen molar-refractivity contribution in [3.05, 3.63) is 40.8 Å².